The normalized spacial score (nSPS) is 10.5. The van der Waals surface area contributed by atoms with Crippen LogP contribution in [-0.4, -0.2) is 34.3 Å². The molecule has 0 bridgehead atoms. The number of methoxy groups -OCH3 is 4. The molecule has 2 aromatic carbocycles. The fourth-order valence-corrected chi connectivity index (χ4v) is 2.48. The molecule has 1 amide bonds. The molecule has 0 aliphatic heterocycles. The van der Waals surface area contributed by atoms with Crippen molar-refractivity contribution in [2.24, 2.45) is 0 Å². The van der Waals surface area contributed by atoms with Crippen LogP contribution in [0.1, 0.15) is 5.56 Å². The third-order valence-corrected chi connectivity index (χ3v) is 3.88. The van der Waals surface area contributed by atoms with E-state index >= 15 is 0 Å². The van der Waals surface area contributed by atoms with Crippen LogP contribution in [0.3, 0.4) is 0 Å². The van der Waals surface area contributed by atoms with Gasteiger partial charge < -0.3 is 24.3 Å². The molecule has 0 aromatic heterocycles. The summed E-state index contributed by atoms with van der Waals surface area (Å²) in [6.07, 6.45) is 3.04. The van der Waals surface area contributed by atoms with Crippen LogP contribution in [0.2, 0.25) is 5.02 Å². The van der Waals surface area contributed by atoms with E-state index in [-0.39, 0.29) is 5.91 Å². The highest BCUT2D eigenvalue weighted by atomic mass is 35.5. The van der Waals surface area contributed by atoms with Crippen molar-refractivity contribution in [3.63, 3.8) is 0 Å². The number of hydrogen-bond donors (Lipinski definition) is 1. The first-order valence-electron chi connectivity index (χ1n) is 7.65. The third kappa shape index (κ3) is 4.61. The number of carbonyl (C=O) groups is 1. The van der Waals surface area contributed by atoms with Crippen LogP contribution in [0.5, 0.6) is 23.0 Å². The van der Waals surface area contributed by atoms with Crippen molar-refractivity contribution in [2.75, 3.05) is 33.8 Å². The monoisotopic (exact) mass is 377 g/mol. The summed E-state index contributed by atoms with van der Waals surface area (Å²) in [7, 11) is 6.11. The molecule has 138 valence electrons. The average molecular weight is 378 g/mol. The van der Waals surface area contributed by atoms with Crippen LogP contribution in [-0.2, 0) is 4.79 Å². The lowest BCUT2D eigenvalue weighted by molar-refractivity contribution is -0.111. The average Bonchev–Trinajstić information content (AvgIpc) is 2.67. The van der Waals surface area contributed by atoms with E-state index in [0.29, 0.717) is 33.7 Å². The number of amides is 1. The Labute approximate surface area is 157 Å². The fraction of sp³-hybridized carbons (Fsp3) is 0.211. The third-order valence-electron chi connectivity index (χ3n) is 3.59. The summed E-state index contributed by atoms with van der Waals surface area (Å²) in [5, 5.41) is 3.13. The Morgan fingerprint density at radius 2 is 1.62 bits per heavy atom. The minimum atomic E-state index is -0.342. The number of ether oxygens (including phenoxy) is 4. The van der Waals surface area contributed by atoms with Gasteiger partial charge in [0.25, 0.3) is 0 Å². The van der Waals surface area contributed by atoms with Crippen LogP contribution >= 0.6 is 11.6 Å². The van der Waals surface area contributed by atoms with Crippen molar-refractivity contribution >= 4 is 29.3 Å². The van der Waals surface area contributed by atoms with E-state index in [2.05, 4.69) is 5.32 Å². The van der Waals surface area contributed by atoms with Crippen molar-refractivity contribution in [2.45, 2.75) is 0 Å². The van der Waals surface area contributed by atoms with Gasteiger partial charge in [0, 0.05) is 29.8 Å². The summed E-state index contributed by atoms with van der Waals surface area (Å²) < 4.78 is 20.9. The molecule has 26 heavy (non-hydrogen) atoms. The number of carbonyl (C=O) groups excluding carboxylic acids is 1. The number of benzene rings is 2. The molecule has 0 saturated carbocycles. The highest BCUT2D eigenvalue weighted by molar-refractivity contribution is 6.32. The van der Waals surface area contributed by atoms with Gasteiger partial charge in [0.05, 0.1) is 39.1 Å². The molecule has 0 fully saturated rings. The number of halogens is 1. The van der Waals surface area contributed by atoms with Crippen molar-refractivity contribution < 1.29 is 23.7 Å². The molecule has 0 spiro atoms. The van der Waals surface area contributed by atoms with Gasteiger partial charge >= 0.3 is 0 Å². The zero-order valence-electron chi connectivity index (χ0n) is 15.0. The molecule has 2 rings (SSSR count). The predicted molar refractivity (Wildman–Crippen MR) is 102 cm³/mol. The molecule has 0 aliphatic rings. The lowest BCUT2D eigenvalue weighted by atomic mass is 10.1. The second-order valence-corrected chi connectivity index (χ2v) is 5.52. The largest absolute Gasteiger partial charge is 0.497 e. The molecule has 0 heterocycles. The van der Waals surface area contributed by atoms with Gasteiger partial charge in [0.15, 0.2) is 0 Å². The lowest BCUT2D eigenvalue weighted by Gasteiger charge is -2.12. The lowest BCUT2D eigenvalue weighted by Crippen LogP contribution is -2.09. The van der Waals surface area contributed by atoms with E-state index in [1.807, 2.05) is 0 Å². The topological polar surface area (TPSA) is 66.0 Å². The maximum absolute atomic E-state index is 12.3. The van der Waals surface area contributed by atoms with Crippen LogP contribution < -0.4 is 24.3 Å². The number of anilines is 1. The highest BCUT2D eigenvalue weighted by Crippen LogP contribution is 2.35. The van der Waals surface area contributed by atoms with E-state index in [1.54, 1.807) is 50.6 Å². The van der Waals surface area contributed by atoms with Crippen LogP contribution in [0, 0.1) is 0 Å². The van der Waals surface area contributed by atoms with Crippen LogP contribution in [0.4, 0.5) is 5.69 Å². The Kier molecular flexibility index (Phi) is 6.74. The first kappa shape index (κ1) is 19.5. The zero-order valence-corrected chi connectivity index (χ0v) is 15.7. The number of nitrogens with one attached hydrogen (secondary N) is 1. The molecule has 7 heteroatoms. The molecule has 0 atom stereocenters. The molecule has 0 aliphatic carbocycles. The molecular weight excluding hydrogens is 358 g/mol. The molecule has 6 nitrogen and oxygen atoms in total. The zero-order chi connectivity index (χ0) is 19.1. The van der Waals surface area contributed by atoms with Gasteiger partial charge in [-0.25, -0.2) is 0 Å². The maximum Gasteiger partial charge on any atom is 0.248 e. The standard InChI is InChI=1S/C19H20ClNO5/c1-23-13-7-5-12(16(9-13)24-2)6-8-19(22)21-15-11-17(25-3)14(20)10-18(15)26-4/h5-11H,1-4H3,(H,21,22). The highest BCUT2D eigenvalue weighted by Gasteiger charge is 2.11. The fourth-order valence-electron chi connectivity index (χ4n) is 2.25. The summed E-state index contributed by atoms with van der Waals surface area (Å²) in [5.74, 6) is 1.79. The van der Waals surface area contributed by atoms with Gasteiger partial charge in [-0.15, -0.1) is 0 Å². The molecule has 0 radical (unpaired) electrons. The number of rotatable bonds is 7. The van der Waals surface area contributed by atoms with E-state index < -0.39 is 0 Å². The molecule has 0 saturated heterocycles. The van der Waals surface area contributed by atoms with Gasteiger partial charge in [0.2, 0.25) is 5.91 Å². The molecular formula is C19H20ClNO5. The van der Waals surface area contributed by atoms with Crippen molar-refractivity contribution in [1.82, 2.24) is 0 Å². The minimum absolute atomic E-state index is 0.342. The summed E-state index contributed by atoms with van der Waals surface area (Å²) >= 11 is 6.06. The van der Waals surface area contributed by atoms with Gasteiger partial charge in [-0.1, -0.05) is 11.6 Å². The van der Waals surface area contributed by atoms with Gasteiger partial charge in [-0.3, -0.25) is 4.79 Å². The summed E-state index contributed by atoms with van der Waals surface area (Å²) in [6, 6.07) is 8.50. The Hall–Kier alpha value is -2.86. The Morgan fingerprint density at radius 1 is 0.923 bits per heavy atom. The molecule has 0 unspecified atom stereocenters. The smallest absolute Gasteiger partial charge is 0.248 e. The molecule has 1 N–H and O–H groups in total. The number of hydrogen-bond acceptors (Lipinski definition) is 5. The Balaban J connectivity index is 2.20. The van der Waals surface area contributed by atoms with Crippen molar-refractivity contribution in [1.29, 1.82) is 0 Å². The van der Waals surface area contributed by atoms with E-state index in [0.717, 1.165) is 5.56 Å². The maximum atomic E-state index is 12.3. The summed E-state index contributed by atoms with van der Waals surface area (Å²) in [6.45, 7) is 0. The Bertz CT molecular complexity index is 820. The van der Waals surface area contributed by atoms with Gasteiger partial charge in [-0.05, 0) is 18.2 Å². The summed E-state index contributed by atoms with van der Waals surface area (Å²) in [5.41, 5.74) is 1.19. The predicted octanol–water partition coefficient (Wildman–Crippen LogP) is 4.03. The quantitative estimate of drug-likeness (QED) is 0.738. The molecule has 2 aromatic rings. The van der Waals surface area contributed by atoms with E-state index in [9.17, 15) is 4.79 Å². The first-order valence-corrected chi connectivity index (χ1v) is 8.02. The van der Waals surface area contributed by atoms with Crippen LogP contribution in [0.25, 0.3) is 6.08 Å². The van der Waals surface area contributed by atoms with E-state index in [4.69, 9.17) is 30.5 Å². The van der Waals surface area contributed by atoms with Gasteiger partial charge in [0.1, 0.15) is 23.0 Å². The SMILES string of the molecule is COc1ccc(C=CC(=O)Nc2cc(OC)c(Cl)cc2OC)c(OC)c1. The Morgan fingerprint density at radius 3 is 2.23 bits per heavy atom. The van der Waals surface area contributed by atoms with E-state index in [1.165, 1.54) is 20.3 Å². The second kappa shape index (κ2) is 9.01. The van der Waals surface area contributed by atoms with Crippen LogP contribution in [0.15, 0.2) is 36.4 Å². The van der Waals surface area contributed by atoms with Gasteiger partial charge in [-0.2, -0.15) is 0 Å². The minimum Gasteiger partial charge on any atom is -0.497 e. The second-order valence-electron chi connectivity index (χ2n) is 5.12. The summed E-state index contributed by atoms with van der Waals surface area (Å²) in [4.78, 5) is 12.3. The van der Waals surface area contributed by atoms with Crippen molar-refractivity contribution in [3.8, 4) is 23.0 Å². The first-order chi connectivity index (χ1) is 12.5. The van der Waals surface area contributed by atoms with Crippen molar-refractivity contribution in [3.05, 3.63) is 47.0 Å².